The predicted molar refractivity (Wildman–Crippen MR) is 65.0 cm³/mol. The molecule has 0 saturated heterocycles. The first-order chi connectivity index (χ1) is 7.97. The molecule has 0 fully saturated rings. The Morgan fingerprint density at radius 3 is 2.65 bits per heavy atom. The van der Waals surface area contributed by atoms with Crippen LogP contribution in [0.15, 0.2) is 41.8 Å². The van der Waals surface area contributed by atoms with Crippen molar-refractivity contribution < 1.29 is 13.2 Å². The highest BCUT2D eigenvalue weighted by Gasteiger charge is 2.19. The van der Waals surface area contributed by atoms with Crippen molar-refractivity contribution in [3.05, 3.63) is 36.9 Å². The third-order valence-corrected chi connectivity index (χ3v) is 3.25. The standard InChI is InChI=1S/C10H13N3O3S/c1-2-7-12-8-5-3-4-6-9(8)17(15,16)13-10(11)14/h2-6,12H,1,7H2,(H3,11,13,14). The maximum absolute atomic E-state index is 11.7. The van der Waals surface area contributed by atoms with Crippen LogP contribution in [0.1, 0.15) is 0 Å². The lowest BCUT2D eigenvalue weighted by molar-refractivity contribution is 0.253. The van der Waals surface area contributed by atoms with Gasteiger partial charge in [0.1, 0.15) is 4.90 Å². The first kappa shape index (κ1) is 13.0. The molecule has 0 aromatic heterocycles. The van der Waals surface area contributed by atoms with Gasteiger partial charge in [-0.25, -0.2) is 17.9 Å². The number of sulfonamides is 1. The molecule has 0 saturated carbocycles. The van der Waals surface area contributed by atoms with E-state index in [0.717, 1.165) is 0 Å². The van der Waals surface area contributed by atoms with Crippen LogP contribution in [0.5, 0.6) is 0 Å². The molecular weight excluding hydrogens is 242 g/mol. The molecule has 6 nitrogen and oxygen atoms in total. The fraction of sp³-hybridized carbons (Fsp3) is 0.100. The number of hydrogen-bond acceptors (Lipinski definition) is 4. The van der Waals surface area contributed by atoms with E-state index in [1.54, 1.807) is 29.0 Å². The second kappa shape index (κ2) is 5.35. The molecule has 0 aliphatic rings. The molecule has 0 bridgehead atoms. The zero-order valence-corrected chi connectivity index (χ0v) is 9.83. The van der Waals surface area contributed by atoms with E-state index in [1.807, 2.05) is 0 Å². The molecular formula is C10H13N3O3S. The van der Waals surface area contributed by atoms with E-state index in [-0.39, 0.29) is 4.90 Å². The van der Waals surface area contributed by atoms with Crippen molar-refractivity contribution in [2.24, 2.45) is 5.73 Å². The summed E-state index contributed by atoms with van der Waals surface area (Å²) in [5.41, 5.74) is 5.18. The fourth-order valence-electron chi connectivity index (χ4n) is 1.22. The summed E-state index contributed by atoms with van der Waals surface area (Å²) in [6.07, 6.45) is 1.59. The second-order valence-electron chi connectivity index (χ2n) is 3.14. The Kier molecular flexibility index (Phi) is 4.11. The molecule has 7 heteroatoms. The number of nitrogens with two attached hydrogens (primary N) is 1. The van der Waals surface area contributed by atoms with Crippen LogP contribution >= 0.6 is 0 Å². The molecule has 0 aliphatic heterocycles. The number of benzene rings is 1. The monoisotopic (exact) mass is 255 g/mol. The number of hydrogen-bond donors (Lipinski definition) is 3. The van der Waals surface area contributed by atoms with Gasteiger partial charge in [-0.15, -0.1) is 6.58 Å². The van der Waals surface area contributed by atoms with Crippen LogP contribution in [0.25, 0.3) is 0 Å². The van der Waals surface area contributed by atoms with Crippen LogP contribution in [0.4, 0.5) is 10.5 Å². The summed E-state index contributed by atoms with van der Waals surface area (Å²) in [6, 6.07) is 5.06. The second-order valence-corrected chi connectivity index (χ2v) is 4.79. The third-order valence-electron chi connectivity index (χ3n) is 1.85. The van der Waals surface area contributed by atoms with E-state index in [1.165, 1.54) is 6.07 Å². The lowest BCUT2D eigenvalue weighted by atomic mass is 10.3. The van der Waals surface area contributed by atoms with Gasteiger partial charge in [-0.1, -0.05) is 18.2 Å². The first-order valence-electron chi connectivity index (χ1n) is 4.73. The Hall–Kier alpha value is -2.02. The Balaban J connectivity index is 3.12. The molecule has 1 rings (SSSR count). The summed E-state index contributed by atoms with van der Waals surface area (Å²) in [4.78, 5) is 10.6. The van der Waals surface area contributed by atoms with Crippen molar-refractivity contribution in [3.63, 3.8) is 0 Å². The van der Waals surface area contributed by atoms with E-state index in [0.29, 0.717) is 12.2 Å². The van der Waals surface area contributed by atoms with E-state index < -0.39 is 16.1 Å². The molecule has 2 amide bonds. The minimum Gasteiger partial charge on any atom is -0.380 e. The minimum atomic E-state index is -3.94. The molecule has 1 aromatic rings. The summed E-state index contributed by atoms with van der Waals surface area (Å²) in [7, 11) is -3.94. The Morgan fingerprint density at radius 1 is 1.41 bits per heavy atom. The van der Waals surface area contributed by atoms with E-state index in [9.17, 15) is 13.2 Å². The summed E-state index contributed by atoms with van der Waals surface area (Å²) < 4.78 is 25.2. The van der Waals surface area contributed by atoms with Gasteiger partial charge < -0.3 is 11.1 Å². The van der Waals surface area contributed by atoms with Crippen LogP contribution in [-0.4, -0.2) is 21.0 Å². The van der Waals surface area contributed by atoms with E-state index in [2.05, 4.69) is 11.9 Å². The Morgan fingerprint density at radius 2 is 2.06 bits per heavy atom. The molecule has 17 heavy (non-hydrogen) atoms. The molecule has 0 radical (unpaired) electrons. The van der Waals surface area contributed by atoms with Gasteiger partial charge in [-0.3, -0.25) is 0 Å². The number of carbonyl (C=O) groups excluding carboxylic acids is 1. The molecule has 0 atom stereocenters. The topological polar surface area (TPSA) is 101 Å². The fourth-order valence-corrected chi connectivity index (χ4v) is 2.28. The van der Waals surface area contributed by atoms with Gasteiger partial charge in [0.15, 0.2) is 0 Å². The number of primary amides is 1. The van der Waals surface area contributed by atoms with E-state index >= 15 is 0 Å². The van der Waals surface area contributed by atoms with Gasteiger partial charge in [0.05, 0.1) is 5.69 Å². The predicted octanol–water partition coefficient (Wildman–Crippen LogP) is 0.642. The Labute approximate surface area is 99.6 Å². The summed E-state index contributed by atoms with van der Waals surface area (Å²) >= 11 is 0. The van der Waals surface area contributed by atoms with Gasteiger partial charge in [0.25, 0.3) is 10.0 Å². The number of amides is 2. The molecule has 0 aliphatic carbocycles. The van der Waals surface area contributed by atoms with Crippen LogP contribution in [0.2, 0.25) is 0 Å². The van der Waals surface area contributed by atoms with Crippen LogP contribution in [-0.2, 0) is 10.0 Å². The molecule has 0 spiro atoms. The van der Waals surface area contributed by atoms with Crippen molar-refractivity contribution >= 4 is 21.7 Å². The first-order valence-corrected chi connectivity index (χ1v) is 6.21. The highest BCUT2D eigenvalue weighted by Crippen LogP contribution is 2.20. The summed E-state index contributed by atoms with van der Waals surface area (Å²) in [5, 5.41) is 2.85. The smallest absolute Gasteiger partial charge is 0.326 e. The quantitative estimate of drug-likeness (QED) is 0.672. The number of nitrogens with one attached hydrogen (secondary N) is 2. The van der Waals surface area contributed by atoms with Gasteiger partial charge in [0.2, 0.25) is 0 Å². The average molecular weight is 255 g/mol. The van der Waals surface area contributed by atoms with Crippen molar-refractivity contribution in [1.82, 2.24) is 4.72 Å². The van der Waals surface area contributed by atoms with Gasteiger partial charge in [0, 0.05) is 6.54 Å². The van der Waals surface area contributed by atoms with Gasteiger partial charge in [-0.05, 0) is 12.1 Å². The average Bonchev–Trinajstić information content (AvgIpc) is 2.25. The molecule has 0 unspecified atom stereocenters. The van der Waals surface area contributed by atoms with Crippen LogP contribution < -0.4 is 15.8 Å². The van der Waals surface area contributed by atoms with Gasteiger partial charge >= 0.3 is 6.03 Å². The van der Waals surface area contributed by atoms with Crippen molar-refractivity contribution in [3.8, 4) is 0 Å². The van der Waals surface area contributed by atoms with Crippen molar-refractivity contribution in [1.29, 1.82) is 0 Å². The van der Waals surface area contributed by atoms with Gasteiger partial charge in [-0.2, -0.15) is 0 Å². The lowest BCUT2D eigenvalue weighted by Crippen LogP contribution is -2.35. The van der Waals surface area contributed by atoms with Crippen molar-refractivity contribution in [2.75, 3.05) is 11.9 Å². The molecule has 1 aromatic carbocycles. The summed E-state index contributed by atoms with van der Waals surface area (Å²) in [5.74, 6) is 0. The summed E-state index contributed by atoms with van der Waals surface area (Å²) in [6.45, 7) is 3.92. The van der Waals surface area contributed by atoms with Crippen LogP contribution in [0, 0.1) is 0 Å². The van der Waals surface area contributed by atoms with Crippen LogP contribution in [0.3, 0.4) is 0 Å². The SMILES string of the molecule is C=CCNc1ccccc1S(=O)(=O)NC(N)=O. The highest BCUT2D eigenvalue weighted by molar-refractivity contribution is 7.90. The minimum absolute atomic E-state index is 0.0411. The van der Waals surface area contributed by atoms with E-state index in [4.69, 9.17) is 5.73 Å². The lowest BCUT2D eigenvalue weighted by Gasteiger charge is -2.10. The largest absolute Gasteiger partial charge is 0.380 e. The number of urea groups is 1. The molecule has 0 heterocycles. The molecule has 4 N–H and O–H groups in total. The zero-order chi connectivity index (χ0) is 12.9. The maximum Gasteiger partial charge on any atom is 0.326 e. The zero-order valence-electron chi connectivity index (χ0n) is 9.01. The number of rotatable bonds is 5. The number of para-hydroxylation sites is 1. The molecule has 92 valence electrons. The Bertz CT molecular complexity index is 525. The van der Waals surface area contributed by atoms with Crippen molar-refractivity contribution in [2.45, 2.75) is 4.90 Å². The number of anilines is 1. The number of carbonyl (C=O) groups is 1. The third kappa shape index (κ3) is 3.49. The highest BCUT2D eigenvalue weighted by atomic mass is 32.2. The normalized spacial score (nSPS) is 10.6. The maximum atomic E-state index is 11.7.